The molecule has 2 amide bonds. The molecule has 0 heterocycles. The summed E-state index contributed by atoms with van der Waals surface area (Å²) >= 11 is 0. The number of benzene rings is 2. The first-order valence-corrected chi connectivity index (χ1v) is 9.03. The monoisotopic (exact) mass is 408 g/mol. The third-order valence-electron chi connectivity index (χ3n) is 4.28. The third kappa shape index (κ3) is 6.23. The van der Waals surface area contributed by atoms with E-state index in [1.54, 1.807) is 33.0 Å². The van der Waals surface area contributed by atoms with E-state index in [2.05, 4.69) is 10.1 Å². The second kappa shape index (κ2) is 9.95. The third-order valence-corrected chi connectivity index (χ3v) is 4.28. The summed E-state index contributed by atoms with van der Waals surface area (Å²) in [6.07, 6.45) is 0. The molecule has 0 aliphatic rings. The molecule has 2 aromatic carbocycles. The van der Waals surface area contributed by atoms with Crippen LogP contribution in [-0.4, -0.2) is 36.4 Å². The van der Waals surface area contributed by atoms with Gasteiger partial charge in [-0.25, -0.2) is 4.39 Å². The molecular weight excluding hydrogens is 385 g/mol. The van der Waals surface area contributed by atoms with Crippen LogP contribution in [-0.2, 0) is 11.3 Å². The van der Waals surface area contributed by atoms with Crippen molar-refractivity contribution in [1.82, 2.24) is 10.2 Å². The number of nitrogens with one attached hydrogen (secondary N) is 1. The zero-order valence-corrected chi connectivity index (χ0v) is 16.4. The van der Waals surface area contributed by atoms with Crippen LogP contribution in [0.3, 0.4) is 0 Å². The molecule has 5 nitrogen and oxygen atoms in total. The molecule has 156 valence electrons. The summed E-state index contributed by atoms with van der Waals surface area (Å²) in [7, 11) is 1.57. The van der Waals surface area contributed by atoms with Crippen LogP contribution in [0.4, 0.5) is 13.2 Å². The van der Waals surface area contributed by atoms with E-state index >= 15 is 0 Å². The van der Waals surface area contributed by atoms with E-state index in [-0.39, 0.29) is 29.7 Å². The molecule has 2 rings (SSSR count). The van der Waals surface area contributed by atoms with Gasteiger partial charge in [-0.3, -0.25) is 9.59 Å². The van der Waals surface area contributed by atoms with Crippen molar-refractivity contribution >= 4 is 11.8 Å². The quantitative estimate of drug-likeness (QED) is 0.722. The van der Waals surface area contributed by atoms with E-state index in [1.807, 2.05) is 0 Å². The van der Waals surface area contributed by atoms with Crippen molar-refractivity contribution in [2.24, 2.45) is 5.92 Å². The van der Waals surface area contributed by atoms with Gasteiger partial charge in [0.1, 0.15) is 17.6 Å². The molecule has 0 radical (unpaired) electrons. The Morgan fingerprint density at radius 1 is 1.07 bits per heavy atom. The van der Waals surface area contributed by atoms with Crippen LogP contribution >= 0.6 is 0 Å². The topological polar surface area (TPSA) is 58.6 Å². The zero-order valence-electron chi connectivity index (χ0n) is 16.4. The van der Waals surface area contributed by atoms with Gasteiger partial charge in [-0.2, -0.15) is 8.78 Å². The molecule has 1 atom stereocenters. The number of hydrogen-bond donors (Lipinski definition) is 1. The summed E-state index contributed by atoms with van der Waals surface area (Å²) in [6.45, 7) is 0.838. The maximum Gasteiger partial charge on any atom is 0.387 e. The molecule has 0 aliphatic heterocycles. The van der Waals surface area contributed by atoms with Gasteiger partial charge in [-0.05, 0) is 35.7 Å². The summed E-state index contributed by atoms with van der Waals surface area (Å²) < 4.78 is 42.6. The molecule has 2 aromatic rings. The van der Waals surface area contributed by atoms with Gasteiger partial charge in [0.15, 0.2) is 0 Å². The SMILES string of the molecule is CC(C)C(NC(=O)c1ccccc1F)C(=O)N(C)Cc1ccc(OC(F)F)cc1. The van der Waals surface area contributed by atoms with E-state index in [9.17, 15) is 22.8 Å². The molecule has 0 spiro atoms. The summed E-state index contributed by atoms with van der Waals surface area (Å²) in [4.78, 5) is 26.7. The highest BCUT2D eigenvalue weighted by molar-refractivity contribution is 5.97. The summed E-state index contributed by atoms with van der Waals surface area (Å²) in [6, 6.07) is 10.6. The second-order valence-corrected chi connectivity index (χ2v) is 6.89. The molecule has 29 heavy (non-hydrogen) atoms. The van der Waals surface area contributed by atoms with Crippen LogP contribution in [0, 0.1) is 11.7 Å². The lowest BCUT2D eigenvalue weighted by Crippen LogP contribution is -2.50. The van der Waals surface area contributed by atoms with Crippen molar-refractivity contribution in [3.05, 3.63) is 65.5 Å². The first-order valence-electron chi connectivity index (χ1n) is 9.03. The number of carbonyl (C=O) groups excluding carboxylic acids is 2. The molecule has 0 bridgehead atoms. The van der Waals surface area contributed by atoms with Crippen LogP contribution in [0.5, 0.6) is 5.75 Å². The molecule has 0 saturated carbocycles. The molecule has 8 heteroatoms. The predicted molar refractivity (Wildman–Crippen MR) is 102 cm³/mol. The van der Waals surface area contributed by atoms with Crippen molar-refractivity contribution in [2.45, 2.75) is 33.0 Å². The summed E-state index contributed by atoms with van der Waals surface area (Å²) in [5.74, 6) is -1.90. The number of carbonyl (C=O) groups is 2. The highest BCUT2D eigenvalue weighted by atomic mass is 19.3. The Bertz CT molecular complexity index is 841. The number of rotatable bonds is 8. The van der Waals surface area contributed by atoms with Gasteiger partial charge in [-0.15, -0.1) is 0 Å². The lowest BCUT2D eigenvalue weighted by Gasteiger charge is -2.27. The van der Waals surface area contributed by atoms with Gasteiger partial charge in [-0.1, -0.05) is 38.1 Å². The van der Waals surface area contributed by atoms with E-state index in [0.29, 0.717) is 5.56 Å². The number of nitrogens with zero attached hydrogens (tertiary/aromatic N) is 1. The predicted octanol–water partition coefficient (Wildman–Crippen LogP) is 3.84. The number of amides is 2. The largest absolute Gasteiger partial charge is 0.435 e. The Hall–Kier alpha value is -3.03. The van der Waals surface area contributed by atoms with E-state index in [0.717, 1.165) is 0 Å². The number of hydrogen-bond acceptors (Lipinski definition) is 3. The van der Waals surface area contributed by atoms with Gasteiger partial charge in [0, 0.05) is 13.6 Å². The maximum absolute atomic E-state index is 13.8. The van der Waals surface area contributed by atoms with Crippen LogP contribution in [0.1, 0.15) is 29.8 Å². The molecule has 1 unspecified atom stereocenters. The first kappa shape index (κ1) is 22.3. The molecule has 0 fully saturated rings. The lowest BCUT2D eigenvalue weighted by molar-refractivity contribution is -0.133. The fourth-order valence-corrected chi connectivity index (χ4v) is 2.74. The van der Waals surface area contributed by atoms with Crippen molar-refractivity contribution in [3.63, 3.8) is 0 Å². The first-order chi connectivity index (χ1) is 13.7. The molecule has 1 N–H and O–H groups in total. The Labute approximate surface area is 167 Å². The smallest absolute Gasteiger partial charge is 0.387 e. The molecule has 0 aliphatic carbocycles. The van der Waals surface area contributed by atoms with Crippen molar-refractivity contribution < 1.29 is 27.5 Å². The average molecular weight is 408 g/mol. The van der Waals surface area contributed by atoms with E-state index in [4.69, 9.17) is 0 Å². The number of alkyl halides is 2. The molecule has 0 aromatic heterocycles. The normalized spacial score (nSPS) is 12.0. The van der Waals surface area contributed by atoms with Gasteiger partial charge < -0.3 is 15.0 Å². The minimum atomic E-state index is -2.91. The van der Waals surface area contributed by atoms with Crippen LogP contribution in [0.2, 0.25) is 0 Å². The minimum absolute atomic E-state index is 0.0231. The maximum atomic E-state index is 13.8. The minimum Gasteiger partial charge on any atom is -0.435 e. The number of likely N-dealkylation sites (N-methyl/N-ethyl adjacent to an activating group) is 1. The van der Waals surface area contributed by atoms with Crippen LogP contribution in [0.25, 0.3) is 0 Å². The second-order valence-electron chi connectivity index (χ2n) is 6.89. The fourth-order valence-electron chi connectivity index (χ4n) is 2.74. The van der Waals surface area contributed by atoms with Crippen molar-refractivity contribution in [3.8, 4) is 5.75 Å². The lowest BCUT2D eigenvalue weighted by atomic mass is 10.0. The van der Waals surface area contributed by atoms with E-state index in [1.165, 1.54) is 41.3 Å². The Morgan fingerprint density at radius 2 is 1.69 bits per heavy atom. The Morgan fingerprint density at radius 3 is 2.24 bits per heavy atom. The molecular formula is C21H23F3N2O3. The van der Waals surface area contributed by atoms with Crippen LogP contribution < -0.4 is 10.1 Å². The number of ether oxygens (including phenoxy) is 1. The summed E-state index contributed by atoms with van der Waals surface area (Å²) in [5, 5.41) is 2.60. The number of halogens is 3. The highest BCUT2D eigenvalue weighted by Crippen LogP contribution is 2.17. The standard InChI is InChI=1S/C21H23F3N2O3/c1-13(2)18(25-19(27)16-6-4-5-7-17(16)22)20(28)26(3)12-14-8-10-15(11-9-14)29-21(23)24/h4-11,13,18,21H,12H2,1-3H3,(H,25,27). The van der Waals surface area contributed by atoms with E-state index < -0.39 is 24.4 Å². The molecule has 0 saturated heterocycles. The Balaban J connectivity index is 2.06. The van der Waals surface area contributed by atoms with Crippen molar-refractivity contribution in [1.29, 1.82) is 0 Å². The Kier molecular flexibility index (Phi) is 7.64. The average Bonchev–Trinajstić information content (AvgIpc) is 2.66. The highest BCUT2D eigenvalue weighted by Gasteiger charge is 2.28. The van der Waals surface area contributed by atoms with Gasteiger partial charge >= 0.3 is 6.61 Å². The van der Waals surface area contributed by atoms with Crippen molar-refractivity contribution in [2.75, 3.05) is 7.05 Å². The zero-order chi connectivity index (χ0) is 21.6. The fraction of sp³-hybridized carbons (Fsp3) is 0.333. The van der Waals surface area contributed by atoms with Gasteiger partial charge in [0.05, 0.1) is 5.56 Å². The summed E-state index contributed by atoms with van der Waals surface area (Å²) in [5.41, 5.74) is 0.564. The van der Waals surface area contributed by atoms with Crippen LogP contribution in [0.15, 0.2) is 48.5 Å². The van der Waals surface area contributed by atoms with Gasteiger partial charge in [0.2, 0.25) is 5.91 Å². The van der Waals surface area contributed by atoms with Gasteiger partial charge in [0.25, 0.3) is 5.91 Å².